The highest BCUT2D eigenvalue weighted by molar-refractivity contribution is 6.33. The normalized spacial score (nSPS) is 12.0. The van der Waals surface area contributed by atoms with Gasteiger partial charge in [0.2, 0.25) is 5.91 Å². The topological polar surface area (TPSA) is 41.1 Å². The number of amides is 1. The maximum atomic E-state index is 11.7. The minimum absolute atomic E-state index is 0.0107. The van der Waals surface area contributed by atoms with Gasteiger partial charge >= 0.3 is 0 Å². The summed E-state index contributed by atoms with van der Waals surface area (Å²) in [7, 11) is 0. The minimum atomic E-state index is -0.290. The van der Waals surface area contributed by atoms with Crippen molar-refractivity contribution in [2.75, 3.05) is 11.9 Å². The fourth-order valence-corrected chi connectivity index (χ4v) is 1.73. The van der Waals surface area contributed by atoms with Crippen LogP contribution >= 0.6 is 11.6 Å². The molecule has 0 aromatic heterocycles. The van der Waals surface area contributed by atoms with Gasteiger partial charge in [0.05, 0.1) is 10.7 Å². The van der Waals surface area contributed by atoms with Crippen LogP contribution in [0, 0.1) is 6.92 Å². The van der Waals surface area contributed by atoms with Gasteiger partial charge in [-0.25, -0.2) is 0 Å². The van der Waals surface area contributed by atoms with Crippen LogP contribution in [0.15, 0.2) is 18.2 Å². The zero-order valence-corrected chi connectivity index (χ0v) is 11.3. The first-order valence-corrected chi connectivity index (χ1v) is 6.22. The van der Waals surface area contributed by atoms with Gasteiger partial charge in [0.15, 0.2) is 0 Å². The molecule has 1 atom stereocenters. The summed E-state index contributed by atoms with van der Waals surface area (Å²) in [6.45, 7) is 6.52. The molecule has 2 N–H and O–H groups in total. The van der Waals surface area contributed by atoms with Gasteiger partial charge < -0.3 is 10.6 Å². The molecule has 0 fully saturated rings. The van der Waals surface area contributed by atoms with Crippen LogP contribution in [-0.4, -0.2) is 18.5 Å². The first kappa shape index (κ1) is 13.8. The van der Waals surface area contributed by atoms with Crippen LogP contribution in [-0.2, 0) is 4.79 Å². The molecule has 0 saturated heterocycles. The molecule has 1 aromatic rings. The van der Waals surface area contributed by atoms with Crippen molar-refractivity contribution in [3.05, 3.63) is 28.8 Å². The van der Waals surface area contributed by atoms with E-state index in [0.29, 0.717) is 11.6 Å². The Kier molecular flexibility index (Phi) is 5.29. The number of anilines is 1. The molecule has 1 aromatic carbocycles. The van der Waals surface area contributed by atoms with Gasteiger partial charge in [0.25, 0.3) is 0 Å². The third kappa shape index (κ3) is 4.27. The predicted molar refractivity (Wildman–Crippen MR) is 72.6 cm³/mol. The summed E-state index contributed by atoms with van der Waals surface area (Å²) in [6, 6.07) is 5.44. The average molecular weight is 255 g/mol. The molecule has 94 valence electrons. The second kappa shape index (κ2) is 6.50. The van der Waals surface area contributed by atoms with Gasteiger partial charge in [-0.2, -0.15) is 0 Å². The molecule has 1 unspecified atom stereocenters. The molecule has 0 radical (unpaired) electrons. The maximum absolute atomic E-state index is 11.7. The van der Waals surface area contributed by atoms with E-state index in [1.807, 2.05) is 39.0 Å². The van der Waals surface area contributed by atoms with Crippen LogP contribution in [0.3, 0.4) is 0 Å². The van der Waals surface area contributed by atoms with Crippen LogP contribution in [0.25, 0.3) is 0 Å². The fraction of sp³-hybridized carbons (Fsp3) is 0.462. The Labute approximate surface area is 108 Å². The zero-order chi connectivity index (χ0) is 12.8. The Morgan fingerprint density at radius 2 is 2.18 bits per heavy atom. The van der Waals surface area contributed by atoms with Crippen LogP contribution in [0.4, 0.5) is 5.69 Å². The Morgan fingerprint density at radius 3 is 2.76 bits per heavy atom. The van der Waals surface area contributed by atoms with Gasteiger partial charge in [0, 0.05) is 6.54 Å². The third-order valence-corrected chi connectivity index (χ3v) is 2.75. The lowest BCUT2D eigenvalue weighted by Gasteiger charge is -2.16. The first-order chi connectivity index (χ1) is 8.04. The van der Waals surface area contributed by atoms with Gasteiger partial charge in [0.1, 0.15) is 6.04 Å². The largest absolute Gasteiger partial charge is 0.373 e. The van der Waals surface area contributed by atoms with Gasteiger partial charge in [-0.3, -0.25) is 4.79 Å². The Balaban J connectivity index is 2.61. The van der Waals surface area contributed by atoms with Crippen molar-refractivity contribution in [3.8, 4) is 0 Å². The molecular formula is C13H19ClN2O. The van der Waals surface area contributed by atoms with E-state index in [0.717, 1.165) is 17.7 Å². The minimum Gasteiger partial charge on any atom is -0.373 e. The molecule has 1 amide bonds. The van der Waals surface area contributed by atoms with Crippen LogP contribution in [0.5, 0.6) is 0 Å². The number of hydrogen-bond donors (Lipinski definition) is 2. The van der Waals surface area contributed by atoms with E-state index in [1.165, 1.54) is 0 Å². The summed E-state index contributed by atoms with van der Waals surface area (Å²) in [5.41, 5.74) is 1.89. The van der Waals surface area contributed by atoms with Crippen molar-refractivity contribution in [3.63, 3.8) is 0 Å². The summed E-state index contributed by atoms with van der Waals surface area (Å²) in [5.74, 6) is -0.0107. The van der Waals surface area contributed by atoms with E-state index >= 15 is 0 Å². The van der Waals surface area contributed by atoms with Gasteiger partial charge in [-0.15, -0.1) is 0 Å². The summed E-state index contributed by atoms with van der Waals surface area (Å²) >= 11 is 6.09. The summed E-state index contributed by atoms with van der Waals surface area (Å²) in [6.07, 6.45) is 0.934. The summed E-state index contributed by atoms with van der Waals surface area (Å²) < 4.78 is 0. The molecule has 17 heavy (non-hydrogen) atoms. The number of aryl methyl sites for hydroxylation is 1. The number of carbonyl (C=O) groups is 1. The van der Waals surface area contributed by atoms with Crippen molar-refractivity contribution in [2.45, 2.75) is 33.2 Å². The van der Waals surface area contributed by atoms with Crippen molar-refractivity contribution in [2.24, 2.45) is 0 Å². The van der Waals surface area contributed by atoms with E-state index in [1.54, 1.807) is 0 Å². The summed E-state index contributed by atoms with van der Waals surface area (Å²) in [5, 5.41) is 6.58. The van der Waals surface area contributed by atoms with E-state index in [4.69, 9.17) is 11.6 Å². The molecule has 3 nitrogen and oxygen atoms in total. The zero-order valence-electron chi connectivity index (χ0n) is 10.5. The number of benzene rings is 1. The average Bonchev–Trinajstić information content (AvgIpc) is 2.29. The molecule has 0 heterocycles. The number of nitrogens with one attached hydrogen (secondary N) is 2. The maximum Gasteiger partial charge on any atom is 0.242 e. The molecule has 0 bridgehead atoms. The molecule has 0 spiro atoms. The van der Waals surface area contributed by atoms with Crippen LogP contribution in [0.2, 0.25) is 5.02 Å². The third-order valence-electron chi connectivity index (χ3n) is 2.44. The number of hydrogen-bond acceptors (Lipinski definition) is 2. The van der Waals surface area contributed by atoms with Crippen molar-refractivity contribution in [1.82, 2.24) is 5.32 Å². The van der Waals surface area contributed by atoms with E-state index < -0.39 is 0 Å². The predicted octanol–water partition coefficient (Wildman–Crippen LogP) is 2.98. The lowest BCUT2D eigenvalue weighted by Crippen LogP contribution is -2.37. The van der Waals surface area contributed by atoms with Crippen LogP contribution in [0.1, 0.15) is 25.8 Å². The van der Waals surface area contributed by atoms with E-state index in [2.05, 4.69) is 10.6 Å². The highest BCUT2D eigenvalue weighted by Crippen LogP contribution is 2.23. The SMILES string of the molecule is CCCNC(=O)C(C)Nc1ccc(C)cc1Cl. The lowest BCUT2D eigenvalue weighted by molar-refractivity contribution is -0.121. The quantitative estimate of drug-likeness (QED) is 0.848. The molecule has 0 aliphatic rings. The number of halogens is 1. The smallest absolute Gasteiger partial charge is 0.242 e. The highest BCUT2D eigenvalue weighted by atomic mass is 35.5. The molecule has 0 aliphatic carbocycles. The number of carbonyl (C=O) groups excluding carboxylic acids is 1. The van der Waals surface area contributed by atoms with Crippen LogP contribution < -0.4 is 10.6 Å². The van der Waals surface area contributed by atoms with Gasteiger partial charge in [-0.05, 0) is 38.0 Å². The number of rotatable bonds is 5. The second-order valence-electron chi connectivity index (χ2n) is 4.14. The highest BCUT2D eigenvalue weighted by Gasteiger charge is 2.12. The van der Waals surface area contributed by atoms with E-state index in [9.17, 15) is 4.79 Å². The molecule has 0 aliphatic heterocycles. The first-order valence-electron chi connectivity index (χ1n) is 5.85. The standard InChI is InChI=1S/C13H19ClN2O/c1-4-7-15-13(17)10(3)16-12-6-5-9(2)8-11(12)14/h5-6,8,10,16H,4,7H2,1-3H3,(H,15,17). The Morgan fingerprint density at radius 1 is 1.47 bits per heavy atom. The van der Waals surface area contributed by atoms with Gasteiger partial charge in [-0.1, -0.05) is 24.6 Å². The molecule has 1 rings (SSSR count). The second-order valence-corrected chi connectivity index (χ2v) is 4.55. The summed E-state index contributed by atoms with van der Waals surface area (Å²) in [4.78, 5) is 11.7. The monoisotopic (exact) mass is 254 g/mol. The van der Waals surface area contributed by atoms with Crippen molar-refractivity contribution < 1.29 is 4.79 Å². The Hall–Kier alpha value is -1.22. The lowest BCUT2D eigenvalue weighted by atomic mass is 10.2. The molecule has 0 saturated carbocycles. The van der Waals surface area contributed by atoms with Crippen molar-refractivity contribution >= 4 is 23.2 Å². The van der Waals surface area contributed by atoms with Crippen molar-refractivity contribution in [1.29, 1.82) is 0 Å². The fourth-order valence-electron chi connectivity index (χ4n) is 1.44. The molecule has 4 heteroatoms. The Bertz CT molecular complexity index is 393. The van der Waals surface area contributed by atoms with E-state index in [-0.39, 0.29) is 11.9 Å². The molecular weight excluding hydrogens is 236 g/mol.